The summed E-state index contributed by atoms with van der Waals surface area (Å²) >= 11 is 12.6. The maximum Gasteiger partial charge on any atom is 0.226 e. The van der Waals surface area contributed by atoms with Gasteiger partial charge < -0.3 is 15.7 Å². The number of aromatic nitrogens is 3. The molecule has 1 aromatic heterocycles. The number of benzene rings is 2. The average molecular weight is 458 g/mol. The van der Waals surface area contributed by atoms with Crippen LogP contribution in [0.2, 0.25) is 10.0 Å². The molecule has 160 valence electrons. The van der Waals surface area contributed by atoms with Gasteiger partial charge in [0.25, 0.3) is 0 Å². The third-order valence-electron chi connectivity index (χ3n) is 4.87. The van der Waals surface area contributed by atoms with Crippen LogP contribution in [0.1, 0.15) is 36.3 Å². The third-order valence-corrected chi connectivity index (χ3v) is 5.43. The third kappa shape index (κ3) is 4.74. The van der Waals surface area contributed by atoms with Crippen molar-refractivity contribution in [2.75, 3.05) is 17.2 Å². The molecule has 0 saturated carbocycles. The molecule has 1 amide bonds. The first-order chi connectivity index (χ1) is 14.9. The van der Waals surface area contributed by atoms with Crippen molar-refractivity contribution in [2.45, 2.75) is 25.8 Å². The van der Waals surface area contributed by atoms with Gasteiger partial charge in [0.15, 0.2) is 5.82 Å². The number of hydrogen-bond donors (Lipinski definition) is 3. The lowest BCUT2D eigenvalue weighted by molar-refractivity contribution is -0.114. The van der Waals surface area contributed by atoms with Crippen molar-refractivity contribution in [3.8, 4) is 0 Å². The Morgan fingerprint density at radius 3 is 2.68 bits per heavy atom. The van der Waals surface area contributed by atoms with Crippen LogP contribution in [0.25, 0.3) is 5.70 Å². The van der Waals surface area contributed by atoms with Gasteiger partial charge in [0.2, 0.25) is 11.9 Å². The van der Waals surface area contributed by atoms with E-state index in [-0.39, 0.29) is 18.6 Å². The Hall–Kier alpha value is -2.87. The number of halogens is 2. The Kier molecular flexibility index (Phi) is 6.27. The van der Waals surface area contributed by atoms with E-state index in [1.54, 1.807) is 16.8 Å². The molecule has 0 saturated heterocycles. The Morgan fingerprint density at radius 2 is 2.00 bits per heavy atom. The molecule has 3 N–H and O–H groups in total. The van der Waals surface area contributed by atoms with Gasteiger partial charge in [-0.1, -0.05) is 41.4 Å². The molecule has 0 radical (unpaired) electrons. The predicted molar refractivity (Wildman–Crippen MR) is 122 cm³/mol. The predicted octanol–water partition coefficient (Wildman–Crippen LogP) is 4.52. The average Bonchev–Trinajstić information content (AvgIpc) is 3.15. The number of nitrogens with zero attached hydrogens (tertiary/aromatic N) is 3. The zero-order valence-electron chi connectivity index (χ0n) is 16.8. The molecular weight excluding hydrogens is 437 g/mol. The molecule has 9 heteroatoms. The molecule has 1 unspecified atom stereocenters. The Labute approximate surface area is 189 Å². The van der Waals surface area contributed by atoms with E-state index in [4.69, 9.17) is 28.3 Å². The molecule has 2 heterocycles. The maximum atomic E-state index is 11.3. The zero-order valence-corrected chi connectivity index (χ0v) is 18.3. The Balaban J connectivity index is 1.74. The largest absolute Gasteiger partial charge is 0.396 e. The highest BCUT2D eigenvalue weighted by atomic mass is 35.5. The van der Waals surface area contributed by atoms with Gasteiger partial charge in [-0.15, -0.1) is 0 Å². The fourth-order valence-electron chi connectivity index (χ4n) is 3.45. The molecular formula is C22H21Cl2N5O2. The van der Waals surface area contributed by atoms with Crippen LogP contribution in [-0.2, 0) is 11.2 Å². The van der Waals surface area contributed by atoms with Crippen molar-refractivity contribution in [3.05, 3.63) is 75.5 Å². The molecule has 4 rings (SSSR count). The minimum atomic E-state index is -0.290. The van der Waals surface area contributed by atoms with Crippen molar-refractivity contribution in [1.82, 2.24) is 14.8 Å². The van der Waals surface area contributed by atoms with Crippen LogP contribution in [0.3, 0.4) is 0 Å². The van der Waals surface area contributed by atoms with E-state index in [9.17, 15) is 4.79 Å². The lowest BCUT2D eigenvalue weighted by Gasteiger charge is -2.25. The number of aliphatic hydroxyl groups is 1. The van der Waals surface area contributed by atoms with Gasteiger partial charge in [0, 0.05) is 41.4 Å². The summed E-state index contributed by atoms with van der Waals surface area (Å²) in [6.07, 6.45) is 3.18. The lowest BCUT2D eigenvalue weighted by Crippen LogP contribution is -2.20. The number of rotatable bonds is 6. The fourth-order valence-corrected chi connectivity index (χ4v) is 3.97. The van der Waals surface area contributed by atoms with E-state index in [0.29, 0.717) is 34.7 Å². The summed E-state index contributed by atoms with van der Waals surface area (Å²) in [7, 11) is 0. The SMILES string of the molecule is CC(=O)Nc1ccc(C2=CC(c3ccc(Cl)cc3Cl)n3nc(CCCO)nc3N2)cc1. The quantitative estimate of drug-likeness (QED) is 0.505. The number of hydrogen-bond acceptors (Lipinski definition) is 5. The summed E-state index contributed by atoms with van der Waals surface area (Å²) in [5.74, 6) is 1.11. The van der Waals surface area contributed by atoms with E-state index in [1.807, 2.05) is 36.4 Å². The van der Waals surface area contributed by atoms with Crippen molar-refractivity contribution >= 4 is 46.4 Å². The summed E-state index contributed by atoms with van der Waals surface area (Å²) in [4.78, 5) is 15.9. The molecule has 0 fully saturated rings. The standard InChI is InChI=1S/C22H21Cl2N5O2/c1-13(31)25-16-7-4-14(5-8-16)19-12-20(17-9-6-15(23)11-18(17)24)29-22(26-19)27-21(28-29)3-2-10-30/h4-9,11-12,20,30H,2-3,10H2,1H3,(H,25,31)(H,26,27,28). The summed E-state index contributed by atoms with van der Waals surface area (Å²) in [6, 6.07) is 12.6. The van der Waals surface area contributed by atoms with E-state index >= 15 is 0 Å². The van der Waals surface area contributed by atoms with Gasteiger partial charge in [-0.05, 0) is 47.9 Å². The second-order valence-corrected chi connectivity index (χ2v) is 8.04. The highest BCUT2D eigenvalue weighted by Crippen LogP contribution is 2.36. The van der Waals surface area contributed by atoms with Crippen molar-refractivity contribution in [3.63, 3.8) is 0 Å². The first kappa shape index (κ1) is 21.4. The molecule has 31 heavy (non-hydrogen) atoms. The zero-order chi connectivity index (χ0) is 22.0. The van der Waals surface area contributed by atoms with Crippen LogP contribution in [0.5, 0.6) is 0 Å². The molecule has 0 bridgehead atoms. The first-order valence-corrected chi connectivity index (χ1v) is 10.6. The Morgan fingerprint density at radius 1 is 1.23 bits per heavy atom. The molecule has 3 aromatic rings. The molecule has 0 aliphatic carbocycles. The Bertz CT molecular complexity index is 1140. The smallest absolute Gasteiger partial charge is 0.226 e. The monoisotopic (exact) mass is 457 g/mol. The van der Waals surface area contributed by atoms with Crippen molar-refractivity contribution < 1.29 is 9.90 Å². The number of fused-ring (bicyclic) bond motifs is 1. The van der Waals surface area contributed by atoms with Gasteiger partial charge in [0.1, 0.15) is 6.04 Å². The summed E-state index contributed by atoms with van der Waals surface area (Å²) in [5.41, 5.74) is 3.34. The minimum absolute atomic E-state index is 0.0773. The number of aliphatic hydroxyl groups excluding tert-OH is 1. The van der Waals surface area contributed by atoms with E-state index in [1.165, 1.54) is 6.92 Å². The summed E-state index contributed by atoms with van der Waals surface area (Å²) in [5, 5.41) is 21.0. The second-order valence-electron chi connectivity index (χ2n) is 7.20. The van der Waals surface area contributed by atoms with Crippen LogP contribution < -0.4 is 10.6 Å². The second kappa shape index (κ2) is 9.09. The van der Waals surface area contributed by atoms with Gasteiger partial charge in [-0.3, -0.25) is 4.79 Å². The first-order valence-electron chi connectivity index (χ1n) is 9.82. The molecule has 0 spiro atoms. The summed E-state index contributed by atoms with van der Waals surface area (Å²) < 4.78 is 1.79. The van der Waals surface area contributed by atoms with Gasteiger partial charge in [0.05, 0.1) is 0 Å². The summed E-state index contributed by atoms with van der Waals surface area (Å²) in [6.45, 7) is 1.55. The van der Waals surface area contributed by atoms with Gasteiger partial charge in [-0.2, -0.15) is 10.1 Å². The lowest BCUT2D eigenvalue weighted by atomic mass is 10.0. The highest BCUT2D eigenvalue weighted by Gasteiger charge is 2.26. The van der Waals surface area contributed by atoms with Crippen LogP contribution in [0.15, 0.2) is 48.5 Å². The number of anilines is 2. The van der Waals surface area contributed by atoms with E-state index < -0.39 is 0 Å². The number of amides is 1. The minimum Gasteiger partial charge on any atom is -0.396 e. The van der Waals surface area contributed by atoms with Crippen LogP contribution >= 0.6 is 23.2 Å². The van der Waals surface area contributed by atoms with Gasteiger partial charge >= 0.3 is 0 Å². The van der Waals surface area contributed by atoms with E-state index in [2.05, 4.69) is 20.7 Å². The normalized spacial score (nSPS) is 15.1. The fraction of sp³-hybridized carbons (Fsp3) is 0.227. The van der Waals surface area contributed by atoms with Crippen molar-refractivity contribution in [1.29, 1.82) is 0 Å². The maximum absolute atomic E-state index is 11.3. The number of carbonyl (C=O) groups is 1. The van der Waals surface area contributed by atoms with Crippen LogP contribution in [0, 0.1) is 0 Å². The molecule has 1 aliphatic heterocycles. The highest BCUT2D eigenvalue weighted by molar-refractivity contribution is 6.35. The molecule has 1 atom stereocenters. The van der Waals surface area contributed by atoms with E-state index in [0.717, 1.165) is 22.5 Å². The number of nitrogens with one attached hydrogen (secondary N) is 2. The van der Waals surface area contributed by atoms with Crippen LogP contribution in [0.4, 0.5) is 11.6 Å². The molecule has 1 aliphatic rings. The van der Waals surface area contributed by atoms with Crippen LogP contribution in [-0.4, -0.2) is 32.4 Å². The topological polar surface area (TPSA) is 92.1 Å². The molecule has 2 aromatic carbocycles. The molecule has 7 nitrogen and oxygen atoms in total. The number of carbonyl (C=O) groups excluding carboxylic acids is 1. The number of aryl methyl sites for hydroxylation is 1. The van der Waals surface area contributed by atoms with Crippen molar-refractivity contribution in [2.24, 2.45) is 0 Å². The van der Waals surface area contributed by atoms with Gasteiger partial charge in [-0.25, -0.2) is 4.68 Å². The number of allylic oxidation sites excluding steroid dienone is 1.